The van der Waals surface area contributed by atoms with Crippen LogP contribution in [0.3, 0.4) is 0 Å². The molecule has 0 bridgehead atoms. The zero-order chi connectivity index (χ0) is 14.0. The number of amides is 2. The van der Waals surface area contributed by atoms with Gasteiger partial charge in [-0.2, -0.15) is 0 Å². The molecule has 0 radical (unpaired) electrons. The molecule has 1 heterocycles. The number of benzene rings is 1. The quantitative estimate of drug-likeness (QED) is 0.850. The number of nitrogens with one attached hydrogen (secondary N) is 1. The Morgan fingerprint density at radius 2 is 1.89 bits per heavy atom. The third-order valence-electron chi connectivity index (χ3n) is 2.82. The summed E-state index contributed by atoms with van der Waals surface area (Å²) in [4.78, 5) is 24.5. The van der Waals surface area contributed by atoms with E-state index in [-0.39, 0.29) is 36.4 Å². The van der Waals surface area contributed by atoms with E-state index in [0.717, 1.165) is 12.1 Å². The lowest BCUT2D eigenvalue weighted by molar-refractivity contribution is -0.120. The second-order valence-corrected chi connectivity index (χ2v) is 5.05. The minimum Gasteiger partial charge on any atom is -0.354 e. The van der Waals surface area contributed by atoms with Crippen molar-refractivity contribution < 1.29 is 18.4 Å². The Bertz CT molecular complexity index is 513. The molecule has 1 saturated heterocycles. The fraction of sp³-hybridized carbons (Fsp3) is 0.333. The van der Waals surface area contributed by atoms with Crippen molar-refractivity contribution in [1.29, 1.82) is 0 Å². The van der Waals surface area contributed by atoms with Gasteiger partial charge in [-0.25, -0.2) is 8.78 Å². The molecule has 1 aromatic carbocycles. The van der Waals surface area contributed by atoms with Crippen LogP contribution in [0.25, 0.3) is 0 Å². The van der Waals surface area contributed by atoms with Gasteiger partial charge in [0.25, 0.3) is 5.91 Å². The van der Waals surface area contributed by atoms with Crippen LogP contribution in [-0.4, -0.2) is 36.3 Å². The highest BCUT2D eigenvalue weighted by Crippen LogP contribution is 2.21. The molecule has 0 aliphatic carbocycles. The number of rotatable bonds is 1. The number of nitrogens with zero attached hydrogens (tertiary/aromatic N) is 1. The van der Waals surface area contributed by atoms with Crippen molar-refractivity contribution in [3.8, 4) is 0 Å². The molecule has 0 unspecified atom stereocenters. The molecule has 0 spiro atoms. The smallest absolute Gasteiger partial charge is 0.259 e. The first-order valence-electron chi connectivity index (χ1n) is 5.69. The SMILES string of the molecule is O=C1CCN(C(=O)c2c(F)cc(Br)cc2F)CCN1. The predicted molar refractivity (Wildman–Crippen MR) is 67.6 cm³/mol. The van der Waals surface area contributed by atoms with Crippen LogP contribution in [0.2, 0.25) is 0 Å². The van der Waals surface area contributed by atoms with Crippen LogP contribution < -0.4 is 5.32 Å². The first-order chi connectivity index (χ1) is 8.99. The zero-order valence-electron chi connectivity index (χ0n) is 9.88. The van der Waals surface area contributed by atoms with Gasteiger partial charge in [-0.3, -0.25) is 9.59 Å². The van der Waals surface area contributed by atoms with Gasteiger partial charge >= 0.3 is 0 Å². The third kappa shape index (κ3) is 3.09. The van der Waals surface area contributed by atoms with Crippen LogP contribution in [0.4, 0.5) is 8.78 Å². The monoisotopic (exact) mass is 332 g/mol. The molecule has 0 aromatic heterocycles. The summed E-state index contributed by atoms with van der Waals surface area (Å²) in [6, 6.07) is 2.08. The van der Waals surface area contributed by atoms with E-state index in [2.05, 4.69) is 21.2 Å². The summed E-state index contributed by atoms with van der Waals surface area (Å²) in [6.07, 6.45) is 0.130. The number of carbonyl (C=O) groups excluding carboxylic acids is 2. The highest BCUT2D eigenvalue weighted by molar-refractivity contribution is 9.10. The lowest BCUT2D eigenvalue weighted by atomic mass is 10.1. The Morgan fingerprint density at radius 3 is 2.53 bits per heavy atom. The van der Waals surface area contributed by atoms with Gasteiger partial charge in [0.15, 0.2) is 0 Å². The van der Waals surface area contributed by atoms with Crippen molar-refractivity contribution in [3.63, 3.8) is 0 Å². The maximum atomic E-state index is 13.7. The van der Waals surface area contributed by atoms with Gasteiger partial charge in [0, 0.05) is 30.5 Å². The van der Waals surface area contributed by atoms with Crippen molar-refractivity contribution in [2.75, 3.05) is 19.6 Å². The normalized spacial score (nSPS) is 15.9. The van der Waals surface area contributed by atoms with Crippen LogP contribution >= 0.6 is 15.9 Å². The van der Waals surface area contributed by atoms with E-state index >= 15 is 0 Å². The molecular formula is C12H11BrF2N2O2. The van der Waals surface area contributed by atoms with Gasteiger partial charge in [-0.15, -0.1) is 0 Å². The predicted octanol–water partition coefficient (Wildman–Crippen LogP) is 1.69. The lowest BCUT2D eigenvalue weighted by Crippen LogP contribution is -2.35. The van der Waals surface area contributed by atoms with E-state index in [1.807, 2.05) is 0 Å². The molecule has 1 aromatic rings. The Kier molecular flexibility index (Phi) is 4.14. The molecule has 102 valence electrons. The van der Waals surface area contributed by atoms with Crippen molar-refractivity contribution in [1.82, 2.24) is 10.2 Å². The molecule has 19 heavy (non-hydrogen) atoms. The summed E-state index contributed by atoms with van der Waals surface area (Å²) in [5.74, 6) is -2.74. The van der Waals surface area contributed by atoms with Crippen molar-refractivity contribution in [2.45, 2.75) is 6.42 Å². The Labute approximate surface area is 116 Å². The fourth-order valence-corrected chi connectivity index (χ4v) is 2.28. The lowest BCUT2D eigenvalue weighted by Gasteiger charge is -2.20. The number of halogens is 3. The maximum absolute atomic E-state index is 13.7. The number of hydrogen-bond acceptors (Lipinski definition) is 2. The molecule has 7 heteroatoms. The maximum Gasteiger partial charge on any atom is 0.259 e. The van der Waals surface area contributed by atoms with Gasteiger partial charge in [0.1, 0.15) is 17.2 Å². The Morgan fingerprint density at radius 1 is 1.26 bits per heavy atom. The third-order valence-corrected chi connectivity index (χ3v) is 3.28. The van der Waals surface area contributed by atoms with Gasteiger partial charge in [0.05, 0.1) is 0 Å². The first kappa shape index (κ1) is 13.9. The van der Waals surface area contributed by atoms with E-state index < -0.39 is 23.1 Å². The Balaban J connectivity index is 2.26. The van der Waals surface area contributed by atoms with Crippen LogP contribution in [0, 0.1) is 11.6 Å². The highest BCUT2D eigenvalue weighted by Gasteiger charge is 2.25. The van der Waals surface area contributed by atoms with E-state index in [1.54, 1.807) is 0 Å². The topological polar surface area (TPSA) is 49.4 Å². The fourth-order valence-electron chi connectivity index (χ4n) is 1.87. The molecule has 2 rings (SSSR count). The van der Waals surface area contributed by atoms with Gasteiger partial charge < -0.3 is 10.2 Å². The molecule has 1 aliphatic rings. The van der Waals surface area contributed by atoms with Crippen molar-refractivity contribution in [3.05, 3.63) is 33.8 Å². The molecule has 0 saturated carbocycles. The van der Waals surface area contributed by atoms with Crippen LogP contribution in [0.1, 0.15) is 16.8 Å². The summed E-state index contributed by atoms with van der Waals surface area (Å²) >= 11 is 2.95. The minimum atomic E-state index is -0.916. The molecule has 0 atom stereocenters. The standard InChI is InChI=1S/C12H11BrF2N2O2/c13-7-5-8(14)11(9(15)6-7)12(19)17-3-1-10(18)16-2-4-17/h5-6H,1-4H2,(H,16,18). The average Bonchev–Trinajstić information content (AvgIpc) is 2.52. The van der Waals surface area contributed by atoms with Gasteiger partial charge in [0.2, 0.25) is 5.91 Å². The van der Waals surface area contributed by atoms with Crippen LogP contribution in [0.5, 0.6) is 0 Å². The van der Waals surface area contributed by atoms with Gasteiger partial charge in [-0.1, -0.05) is 15.9 Å². The zero-order valence-corrected chi connectivity index (χ0v) is 11.5. The average molecular weight is 333 g/mol. The minimum absolute atomic E-state index is 0.130. The van der Waals surface area contributed by atoms with Gasteiger partial charge in [-0.05, 0) is 12.1 Å². The molecule has 4 nitrogen and oxygen atoms in total. The van der Waals surface area contributed by atoms with E-state index in [0.29, 0.717) is 0 Å². The second kappa shape index (κ2) is 5.64. The molecular weight excluding hydrogens is 322 g/mol. The second-order valence-electron chi connectivity index (χ2n) is 4.14. The van der Waals surface area contributed by atoms with E-state index in [1.165, 1.54) is 4.90 Å². The van der Waals surface area contributed by atoms with Crippen LogP contribution in [0.15, 0.2) is 16.6 Å². The number of hydrogen-bond donors (Lipinski definition) is 1. The first-order valence-corrected chi connectivity index (χ1v) is 6.49. The van der Waals surface area contributed by atoms with E-state index in [9.17, 15) is 18.4 Å². The van der Waals surface area contributed by atoms with Crippen molar-refractivity contribution in [2.24, 2.45) is 0 Å². The molecule has 2 amide bonds. The molecule has 1 N–H and O–H groups in total. The van der Waals surface area contributed by atoms with Crippen molar-refractivity contribution >= 4 is 27.7 Å². The summed E-state index contributed by atoms with van der Waals surface area (Å²) < 4.78 is 27.6. The largest absolute Gasteiger partial charge is 0.354 e. The number of carbonyl (C=O) groups is 2. The molecule has 1 fully saturated rings. The summed E-state index contributed by atoms with van der Waals surface area (Å²) in [7, 11) is 0. The summed E-state index contributed by atoms with van der Waals surface area (Å²) in [5.41, 5.74) is -0.586. The Hall–Kier alpha value is -1.50. The summed E-state index contributed by atoms with van der Waals surface area (Å²) in [5, 5.41) is 2.59. The molecule has 1 aliphatic heterocycles. The highest BCUT2D eigenvalue weighted by atomic mass is 79.9. The summed E-state index contributed by atoms with van der Waals surface area (Å²) in [6.45, 7) is 0.670. The van der Waals surface area contributed by atoms with E-state index in [4.69, 9.17) is 0 Å². The van der Waals surface area contributed by atoms with Crippen LogP contribution in [-0.2, 0) is 4.79 Å².